The van der Waals surface area contributed by atoms with Gasteiger partial charge >= 0.3 is 0 Å². The van der Waals surface area contributed by atoms with Crippen LogP contribution in [0.25, 0.3) is 0 Å². The van der Waals surface area contributed by atoms with Crippen molar-refractivity contribution < 1.29 is 4.74 Å². The highest BCUT2D eigenvalue weighted by atomic mass is 16.5. The first-order valence-electron chi connectivity index (χ1n) is 8.54. The Morgan fingerprint density at radius 2 is 2.00 bits per heavy atom. The zero-order chi connectivity index (χ0) is 14.8. The van der Waals surface area contributed by atoms with Gasteiger partial charge in [0.25, 0.3) is 0 Å². The van der Waals surface area contributed by atoms with Crippen molar-refractivity contribution in [3.05, 3.63) is 0 Å². The fraction of sp³-hybridized carbons (Fsp3) is 1.00. The Morgan fingerprint density at radius 1 is 1.30 bits per heavy atom. The van der Waals surface area contributed by atoms with Crippen molar-refractivity contribution in [3.63, 3.8) is 0 Å². The zero-order valence-corrected chi connectivity index (χ0v) is 14.1. The van der Waals surface area contributed by atoms with Gasteiger partial charge in [0.05, 0.1) is 5.60 Å². The van der Waals surface area contributed by atoms with Gasteiger partial charge in [-0.05, 0) is 31.1 Å². The van der Waals surface area contributed by atoms with Crippen molar-refractivity contribution in [2.45, 2.75) is 71.1 Å². The number of methoxy groups -OCH3 is 1. The van der Waals surface area contributed by atoms with E-state index in [0.29, 0.717) is 18.0 Å². The van der Waals surface area contributed by atoms with E-state index in [-0.39, 0.29) is 5.60 Å². The van der Waals surface area contributed by atoms with Crippen molar-refractivity contribution >= 4 is 0 Å². The lowest BCUT2D eigenvalue weighted by Crippen LogP contribution is -2.63. The van der Waals surface area contributed by atoms with Crippen LogP contribution in [0.3, 0.4) is 0 Å². The molecule has 0 radical (unpaired) electrons. The Morgan fingerprint density at radius 3 is 2.45 bits per heavy atom. The van der Waals surface area contributed by atoms with Gasteiger partial charge in [-0.1, -0.05) is 34.1 Å². The summed E-state index contributed by atoms with van der Waals surface area (Å²) in [6, 6.07) is 1.30. The molecule has 0 aromatic carbocycles. The Bertz CT molecular complexity index is 296. The van der Waals surface area contributed by atoms with Gasteiger partial charge in [0, 0.05) is 38.8 Å². The van der Waals surface area contributed by atoms with Gasteiger partial charge < -0.3 is 10.1 Å². The molecule has 3 atom stereocenters. The molecule has 20 heavy (non-hydrogen) atoms. The largest absolute Gasteiger partial charge is 0.377 e. The second-order valence-electron chi connectivity index (χ2n) is 7.38. The fourth-order valence-corrected chi connectivity index (χ4v) is 3.73. The van der Waals surface area contributed by atoms with Crippen LogP contribution in [0.1, 0.15) is 53.4 Å². The predicted octanol–water partition coefficient (Wildman–Crippen LogP) is 2.90. The van der Waals surface area contributed by atoms with Crippen LogP contribution in [-0.2, 0) is 4.74 Å². The maximum absolute atomic E-state index is 5.86. The van der Waals surface area contributed by atoms with Crippen LogP contribution < -0.4 is 5.32 Å². The molecule has 0 aromatic rings. The van der Waals surface area contributed by atoms with E-state index in [1.165, 1.54) is 32.2 Å². The molecular weight excluding hydrogens is 248 g/mol. The summed E-state index contributed by atoms with van der Waals surface area (Å²) in [7, 11) is 1.90. The Hall–Kier alpha value is -0.120. The minimum absolute atomic E-state index is 0.157. The molecular formula is C17H34N2O. The topological polar surface area (TPSA) is 24.5 Å². The normalized spacial score (nSPS) is 32.1. The van der Waals surface area contributed by atoms with Crippen LogP contribution in [0.4, 0.5) is 0 Å². The smallest absolute Gasteiger partial charge is 0.0805 e. The number of hydrogen-bond acceptors (Lipinski definition) is 3. The summed E-state index contributed by atoms with van der Waals surface area (Å²) >= 11 is 0. The second-order valence-corrected chi connectivity index (χ2v) is 7.38. The van der Waals surface area contributed by atoms with E-state index in [2.05, 4.69) is 37.9 Å². The summed E-state index contributed by atoms with van der Waals surface area (Å²) in [5.74, 6) is 1.46. The number of hydrogen-bond donors (Lipinski definition) is 1. The average molecular weight is 282 g/mol. The third-order valence-corrected chi connectivity index (χ3v) is 5.78. The van der Waals surface area contributed by atoms with Crippen molar-refractivity contribution in [1.29, 1.82) is 0 Å². The highest BCUT2D eigenvalue weighted by molar-refractivity contribution is 4.97. The highest BCUT2D eigenvalue weighted by Crippen LogP contribution is 2.37. The molecule has 0 spiro atoms. The summed E-state index contributed by atoms with van der Waals surface area (Å²) in [5, 5.41) is 3.79. The first-order valence-corrected chi connectivity index (χ1v) is 8.54. The summed E-state index contributed by atoms with van der Waals surface area (Å²) in [6.45, 7) is 12.8. The van der Waals surface area contributed by atoms with Gasteiger partial charge in [0.2, 0.25) is 0 Å². The molecule has 0 aromatic heterocycles. The summed E-state index contributed by atoms with van der Waals surface area (Å²) in [5.41, 5.74) is 0.157. The molecule has 1 aliphatic heterocycles. The molecule has 2 aliphatic rings. The van der Waals surface area contributed by atoms with Gasteiger partial charge in [0.15, 0.2) is 0 Å². The van der Waals surface area contributed by atoms with Gasteiger partial charge in [-0.2, -0.15) is 0 Å². The maximum Gasteiger partial charge on any atom is 0.0805 e. The molecule has 1 aliphatic carbocycles. The predicted molar refractivity (Wildman–Crippen MR) is 85.0 cm³/mol. The van der Waals surface area contributed by atoms with Crippen LogP contribution in [0.15, 0.2) is 0 Å². The maximum atomic E-state index is 5.86. The van der Waals surface area contributed by atoms with Crippen LogP contribution in [0.2, 0.25) is 0 Å². The zero-order valence-electron chi connectivity index (χ0n) is 14.1. The molecule has 2 rings (SSSR count). The summed E-state index contributed by atoms with van der Waals surface area (Å²) in [6.07, 6.45) is 5.08. The van der Waals surface area contributed by atoms with Crippen molar-refractivity contribution in [3.8, 4) is 0 Å². The number of piperazine rings is 1. The highest BCUT2D eigenvalue weighted by Gasteiger charge is 2.42. The molecule has 118 valence electrons. The average Bonchev–Trinajstić information content (AvgIpc) is 2.41. The lowest BCUT2D eigenvalue weighted by Gasteiger charge is -2.50. The Kier molecular flexibility index (Phi) is 5.49. The quantitative estimate of drug-likeness (QED) is 0.811. The van der Waals surface area contributed by atoms with E-state index >= 15 is 0 Å². The standard InChI is InChI=1S/C17H34N2O/c1-6-14(4)15-11-19(16(10-18-15)13(2)3)12-17(20-5)8-7-9-17/h13-16,18H,6-12H2,1-5H3. The lowest BCUT2D eigenvalue weighted by molar-refractivity contribution is -0.106. The van der Waals surface area contributed by atoms with Gasteiger partial charge in [-0.15, -0.1) is 0 Å². The van der Waals surface area contributed by atoms with Crippen molar-refractivity contribution in [2.24, 2.45) is 11.8 Å². The molecule has 2 fully saturated rings. The monoisotopic (exact) mass is 282 g/mol. The SMILES string of the molecule is CCC(C)C1CN(CC2(OC)CCC2)C(C(C)C)CN1. The molecule has 0 bridgehead atoms. The van der Waals surface area contributed by atoms with Crippen LogP contribution in [-0.4, -0.2) is 49.3 Å². The van der Waals surface area contributed by atoms with Crippen LogP contribution >= 0.6 is 0 Å². The Balaban J connectivity index is 2.03. The van der Waals surface area contributed by atoms with Crippen LogP contribution in [0.5, 0.6) is 0 Å². The lowest BCUT2D eigenvalue weighted by atomic mass is 9.78. The molecule has 1 N–H and O–H groups in total. The molecule has 3 unspecified atom stereocenters. The van der Waals surface area contributed by atoms with E-state index in [1.54, 1.807) is 0 Å². The van der Waals surface area contributed by atoms with E-state index < -0.39 is 0 Å². The third-order valence-electron chi connectivity index (χ3n) is 5.78. The summed E-state index contributed by atoms with van der Waals surface area (Å²) < 4.78 is 5.86. The molecule has 3 nitrogen and oxygen atoms in total. The van der Waals surface area contributed by atoms with Crippen molar-refractivity contribution in [2.75, 3.05) is 26.7 Å². The first-order chi connectivity index (χ1) is 9.51. The fourth-order valence-electron chi connectivity index (χ4n) is 3.73. The molecule has 1 saturated carbocycles. The third kappa shape index (κ3) is 3.37. The number of ether oxygens (including phenoxy) is 1. The van der Waals surface area contributed by atoms with Gasteiger partial charge in [-0.3, -0.25) is 4.90 Å². The number of nitrogens with zero attached hydrogens (tertiary/aromatic N) is 1. The van der Waals surface area contributed by atoms with Gasteiger partial charge in [0.1, 0.15) is 0 Å². The van der Waals surface area contributed by atoms with Crippen LogP contribution in [0, 0.1) is 11.8 Å². The van der Waals surface area contributed by atoms with E-state index in [4.69, 9.17) is 4.74 Å². The minimum Gasteiger partial charge on any atom is -0.377 e. The molecule has 1 heterocycles. The number of nitrogens with one attached hydrogen (secondary N) is 1. The summed E-state index contributed by atoms with van der Waals surface area (Å²) in [4.78, 5) is 2.72. The van der Waals surface area contributed by atoms with E-state index in [9.17, 15) is 0 Å². The number of rotatable bonds is 6. The van der Waals surface area contributed by atoms with E-state index in [1.807, 2.05) is 7.11 Å². The van der Waals surface area contributed by atoms with Crippen molar-refractivity contribution in [1.82, 2.24) is 10.2 Å². The molecule has 0 amide bonds. The second kappa shape index (κ2) is 6.76. The van der Waals surface area contributed by atoms with Gasteiger partial charge in [-0.25, -0.2) is 0 Å². The first kappa shape index (κ1) is 16.3. The van der Waals surface area contributed by atoms with E-state index in [0.717, 1.165) is 19.0 Å². The minimum atomic E-state index is 0.157. The molecule has 1 saturated heterocycles. The Labute approximate surface area is 125 Å². The molecule has 3 heteroatoms.